The van der Waals surface area contributed by atoms with Crippen LogP contribution >= 0.6 is 11.6 Å². The van der Waals surface area contributed by atoms with Crippen LogP contribution < -0.4 is 5.32 Å². The molecular formula is C20H18ClF3N4O2. The highest BCUT2D eigenvalue weighted by atomic mass is 35.5. The Kier molecular flexibility index (Phi) is 5.11. The Morgan fingerprint density at radius 1 is 1.20 bits per heavy atom. The standard InChI is InChI=1S/C20H18ClF3N4O2/c21-15-6-5-12(20(22,23)24)11-14(15)19(30)7-9-28(10-8-19)18(29)25-17-13-3-1-2-4-16(13)26-27-17/h1-6,11,30H,7-10H2,(H2,25,26,27,29). The molecule has 0 saturated carbocycles. The van der Waals surface area contributed by atoms with Gasteiger partial charge in [-0.1, -0.05) is 23.7 Å². The summed E-state index contributed by atoms with van der Waals surface area (Å²) in [5.41, 5.74) is -1.62. The van der Waals surface area contributed by atoms with Crippen LogP contribution in [-0.2, 0) is 11.8 Å². The predicted octanol–water partition coefficient (Wildman–Crippen LogP) is 4.75. The van der Waals surface area contributed by atoms with E-state index >= 15 is 0 Å². The van der Waals surface area contributed by atoms with Crippen LogP contribution in [0.4, 0.5) is 23.8 Å². The van der Waals surface area contributed by atoms with Crippen molar-refractivity contribution in [3.05, 3.63) is 58.6 Å². The van der Waals surface area contributed by atoms with Crippen molar-refractivity contribution in [1.29, 1.82) is 0 Å². The summed E-state index contributed by atoms with van der Waals surface area (Å²) in [6.07, 6.45) is -4.42. The molecule has 1 aliphatic rings. The molecule has 1 fully saturated rings. The fraction of sp³-hybridized carbons (Fsp3) is 0.300. The molecule has 1 aromatic heterocycles. The second-order valence-electron chi connectivity index (χ2n) is 7.26. The number of piperidine rings is 1. The number of anilines is 1. The molecule has 0 bridgehead atoms. The van der Waals surface area contributed by atoms with Crippen molar-refractivity contribution >= 4 is 34.4 Å². The van der Waals surface area contributed by atoms with E-state index in [1.165, 1.54) is 4.90 Å². The highest BCUT2D eigenvalue weighted by Gasteiger charge is 2.39. The molecule has 4 rings (SSSR count). The van der Waals surface area contributed by atoms with Crippen LogP contribution in [0.5, 0.6) is 0 Å². The number of carbonyl (C=O) groups excluding carboxylic acids is 1. The third-order valence-corrected chi connectivity index (χ3v) is 5.70. The summed E-state index contributed by atoms with van der Waals surface area (Å²) in [5, 5.41) is 21.5. The van der Waals surface area contributed by atoms with Crippen LogP contribution in [0.3, 0.4) is 0 Å². The van der Waals surface area contributed by atoms with Crippen molar-refractivity contribution in [2.45, 2.75) is 24.6 Å². The molecule has 2 amide bonds. The Hall–Kier alpha value is -2.78. The van der Waals surface area contributed by atoms with Crippen molar-refractivity contribution in [3.8, 4) is 0 Å². The summed E-state index contributed by atoms with van der Waals surface area (Å²) >= 11 is 6.09. The Bertz CT molecular complexity index is 1090. The van der Waals surface area contributed by atoms with Crippen molar-refractivity contribution in [2.24, 2.45) is 0 Å². The van der Waals surface area contributed by atoms with E-state index in [4.69, 9.17) is 11.6 Å². The van der Waals surface area contributed by atoms with Gasteiger partial charge in [0.2, 0.25) is 0 Å². The van der Waals surface area contributed by atoms with Crippen LogP contribution in [0.2, 0.25) is 5.02 Å². The van der Waals surface area contributed by atoms with Crippen molar-refractivity contribution < 1.29 is 23.1 Å². The van der Waals surface area contributed by atoms with Crippen LogP contribution in [0.1, 0.15) is 24.0 Å². The summed E-state index contributed by atoms with van der Waals surface area (Å²) < 4.78 is 39.2. The van der Waals surface area contributed by atoms with E-state index in [0.29, 0.717) is 5.82 Å². The minimum Gasteiger partial charge on any atom is -0.385 e. The normalized spacial score (nSPS) is 16.6. The maximum atomic E-state index is 13.1. The number of carbonyl (C=O) groups is 1. The van der Waals surface area contributed by atoms with Gasteiger partial charge in [0.1, 0.15) is 0 Å². The molecule has 0 radical (unpaired) electrons. The van der Waals surface area contributed by atoms with Gasteiger partial charge in [-0.3, -0.25) is 10.4 Å². The van der Waals surface area contributed by atoms with Crippen LogP contribution in [0.15, 0.2) is 42.5 Å². The van der Waals surface area contributed by atoms with Crippen LogP contribution in [0.25, 0.3) is 10.9 Å². The first kappa shape index (κ1) is 20.5. The number of hydrogen-bond acceptors (Lipinski definition) is 3. The number of H-pyrrole nitrogens is 1. The molecule has 0 spiro atoms. The van der Waals surface area contributed by atoms with E-state index in [1.54, 1.807) is 0 Å². The summed E-state index contributed by atoms with van der Waals surface area (Å²) in [4.78, 5) is 14.1. The Morgan fingerprint density at radius 2 is 1.90 bits per heavy atom. The first-order chi connectivity index (χ1) is 14.2. The average Bonchev–Trinajstić information content (AvgIpc) is 3.11. The number of nitrogens with zero attached hydrogens (tertiary/aromatic N) is 2. The lowest BCUT2D eigenvalue weighted by Gasteiger charge is -2.39. The molecule has 3 aromatic rings. The summed E-state index contributed by atoms with van der Waals surface area (Å²) in [5.74, 6) is 0.386. The SMILES string of the molecule is O=C(Nc1n[nH]c2ccccc12)N1CCC(O)(c2cc(C(F)(F)F)ccc2Cl)CC1. The fourth-order valence-corrected chi connectivity index (χ4v) is 3.94. The molecule has 3 N–H and O–H groups in total. The quantitative estimate of drug-likeness (QED) is 0.540. The second kappa shape index (κ2) is 7.48. The van der Waals surface area contributed by atoms with Crippen LogP contribution in [-0.4, -0.2) is 39.3 Å². The van der Waals surface area contributed by atoms with Gasteiger partial charge in [0.25, 0.3) is 0 Å². The summed E-state index contributed by atoms with van der Waals surface area (Å²) in [6, 6.07) is 9.82. The zero-order valence-electron chi connectivity index (χ0n) is 15.6. The number of amides is 2. The van der Waals surface area contributed by atoms with Crippen molar-refractivity contribution in [3.63, 3.8) is 0 Å². The second-order valence-corrected chi connectivity index (χ2v) is 7.67. The molecule has 0 atom stereocenters. The van der Waals surface area contributed by atoms with Gasteiger partial charge in [0.15, 0.2) is 5.82 Å². The van der Waals surface area contributed by atoms with Gasteiger partial charge in [-0.25, -0.2) is 4.79 Å². The number of nitrogens with one attached hydrogen (secondary N) is 2. The van der Waals surface area contributed by atoms with E-state index in [0.717, 1.165) is 29.1 Å². The zero-order valence-corrected chi connectivity index (χ0v) is 16.4. The number of aromatic nitrogens is 2. The van der Waals surface area contributed by atoms with Gasteiger partial charge in [0.05, 0.1) is 16.7 Å². The maximum Gasteiger partial charge on any atom is 0.416 e. The Morgan fingerprint density at radius 3 is 2.60 bits per heavy atom. The van der Waals surface area contributed by atoms with Crippen LogP contribution in [0, 0.1) is 0 Å². The molecule has 2 aromatic carbocycles. The topological polar surface area (TPSA) is 81.2 Å². The first-order valence-electron chi connectivity index (χ1n) is 9.26. The minimum atomic E-state index is -4.54. The molecular weight excluding hydrogens is 421 g/mol. The van der Waals surface area contributed by atoms with E-state index < -0.39 is 23.4 Å². The fourth-order valence-electron chi connectivity index (χ4n) is 3.65. The average molecular weight is 439 g/mol. The Balaban J connectivity index is 1.47. The van der Waals surface area contributed by atoms with Crippen molar-refractivity contribution in [2.75, 3.05) is 18.4 Å². The number of rotatable bonds is 2. The largest absolute Gasteiger partial charge is 0.416 e. The van der Waals surface area contributed by atoms with Gasteiger partial charge >= 0.3 is 12.2 Å². The number of hydrogen-bond donors (Lipinski definition) is 3. The lowest BCUT2D eigenvalue weighted by Crippen LogP contribution is -2.46. The number of alkyl halides is 3. The maximum absolute atomic E-state index is 13.1. The van der Waals surface area contributed by atoms with Gasteiger partial charge in [-0.05, 0) is 43.2 Å². The number of urea groups is 1. The molecule has 158 valence electrons. The smallest absolute Gasteiger partial charge is 0.385 e. The third kappa shape index (κ3) is 3.82. The molecule has 1 saturated heterocycles. The minimum absolute atomic E-state index is 0.0253. The number of aliphatic hydroxyl groups is 1. The van der Waals surface area contributed by atoms with Gasteiger partial charge in [0, 0.05) is 29.1 Å². The first-order valence-corrected chi connectivity index (χ1v) is 9.64. The lowest BCUT2D eigenvalue weighted by molar-refractivity contribution is -0.137. The van der Waals surface area contributed by atoms with Gasteiger partial charge < -0.3 is 10.0 Å². The number of aromatic amines is 1. The molecule has 6 nitrogen and oxygen atoms in total. The molecule has 0 unspecified atom stereocenters. The number of benzene rings is 2. The molecule has 10 heteroatoms. The highest BCUT2D eigenvalue weighted by Crippen LogP contribution is 2.40. The summed E-state index contributed by atoms with van der Waals surface area (Å²) in [7, 11) is 0. The number of para-hydroxylation sites is 1. The van der Waals surface area contributed by atoms with Crippen molar-refractivity contribution in [1.82, 2.24) is 15.1 Å². The monoisotopic (exact) mass is 438 g/mol. The van der Waals surface area contributed by atoms with Gasteiger partial charge in [-0.15, -0.1) is 0 Å². The highest BCUT2D eigenvalue weighted by molar-refractivity contribution is 6.31. The Labute approximate surface area is 174 Å². The van der Waals surface area contributed by atoms with E-state index in [2.05, 4.69) is 15.5 Å². The molecule has 30 heavy (non-hydrogen) atoms. The number of halogens is 4. The summed E-state index contributed by atoms with van der Waals surface area (Å²) in [6.45, 7) is 0.300. The number of fused-ring (bicyclic) bond motifs is 1. The third-order valence-electron chi connectivity index (χ3n) is 5.37. The van der Waals surface area contributed by atoms with E-state index in [-0.39, 0.29) is 36.5 Å². The van der Waals surface area contributed by atoms with E-state index in [9.17, 15) is 23.1 Å². The predicted molar refractivity (Wildman–Crippen MR) is 106 cm³/mol. The lowest BCUT2D eigenvalue weighted by atomic mass is 9.83. The number of likely N-dealkylation sites (tertiary alicyclic amines) is 1. The molecule has 2 heterocycles. The van der Waals surface area contributed by atoms with Gasteiger partial charge in [-0.2, -0.15) is 18.3 Å². The molecule has 0 aliphatic carbocycles. The molecule has 1 aliphatic heterocycles. The van der Waals surface area contributed by atoms with E-state index in [1.807, 2.05) is 24.3 Å². The zero-order chi connectivity index (χ0) is 21.5.